The molecule has 2 aromatic carbocycles. The fourth-order valence-corrected chi connectivity index (χ4v) is 3.37. The minimum atomic E-state index is 0.764. The molecule has 1 aliphatic rings. The van der Waals surface area contributed by atoms with Crippen LogP contribution in [0.5, 0.6) is 0 Å². The van der Waals surface area contributed by atoms with E-state index in [0.29, 0.717) is 0 Å². The van der Waals surface area contributed by atoms with E-state index in [1.165, 1.54) is 5.56 Å². The summed E-state index contributed by atoms with van der Waals surface area (Å²) in [4.78, 5) is 13.3. The standard InChI is InChI=1S/C20H16OS/c1-15(14-21)19-12-18(16-8-4-2-5-9-16)13-20(22-19)17-10-6-3-7-11-17/h2-14H,1H3/b19-15+. The molecule has 1 nitrogen and oxygen atoms in total. The molecule has 0 amide bonds. The predicted molar refractivity (Wildman–Crippen MR) is 95.2 cm³/mol. The highest BCUT2D eigenvalue weighted by atomic mass is 32.2. The Morgan fingerprint density at radius 2 is 1.45 bits per heavy atom. The molecule has 0 atom stereocenters. The number of aldehydes is 1. The minimum absolute atomic E-state index is 0.764. The van der Waals surface area contributed by atoms with E-state index in [1.807, 2.05) is 43.3 Å². The van der Waals surface area contributed by atoms with E-state index >= 15 is 0 Å². The average Bonchev–Trinajstić information content (AvgIpc) is 2.62. The van der Waals surface area contributed by atoms with Crippen LogP contribution in [-0.2, 0) is 4.79 Å². The van der Waals surface area contributed by atoms with Crippen LogP contribution in [0.2, 0.25) is 0 Å². The zero-order chi connectivity index (χ0) is 15.4. The van der Waals surface area contributed by atoms with E-state index in [4.69, 9.17) is 0 Å². The van der Waals surface area contributed by atoms with Crippen LogP contribution in [0, 0.1) is 0 Å². The van der Waals surface area contributed by atoms with Gasteiger partial charge in [0.25, 0.3) is 0 Å². The van der Waals surface area contributed by atoms with Gasteiger partial charge in [-0.05, 0) is 35.8 Å². The van der Waals surface area contributed by atoms with Gasteiger partial charge in [0.2, 0.25) is 0 Å². The third-order valence-electron chi connectivity index (χ3n) is 3.52. The van der Waals surface area contributed by atoms with Crippen molar-refractivity contribution < 1.29 is 4.79 Å². The number of hydrogen-bond donors (Lipinski definition) is 0. The number of carbonyl (C=O) groups is 1. The van der Waals surface area contributed by atoms with E-state index in [9.17, 15) is 4.79 Å². The van der Waals surface area contributed by atoms with Crippen LogP contribution in [0.15, 0.2) is 83.3 Å². The van der Waals surface area contributed by atoms with Gasteiger partial charge in [0.1, 0.15) is 6.29 Å². The van der Waals surface area contributed by atoms with Gasteiger partial charge in [-0.3, -0.25) is 4.79 Å². The Balaban J connectivity index is 2.11. The molecule has 1 heterocycles. The molecular formula is C20H16OS. The van der Waals surface area contributed by atoms with E-state index < -0.39 is 0 Å². The number of allylic oxidation sites excluding steroid dienone is 4. The highest BCUT2D eigenvalue weighted by Gasteiger charge is 2.15. The minimum Gasteiger partial charge on any atom is -0.298 e. The molecule has 0 spiro atoms. The van der Waals surface area contributed by atoms with Crippen molar-refractivity contribution in [3.8, 4) is 0 Å². The molecule has 0 radical (unpaired) electrons. The van der Waals surface area contributed by atoms with E-state index in [1.54, 1.807) is 11.8 Å². The Kier molecular flexibility index (Phi) is 4.40. The Morgan fingerprint density at radius 1 is 0.864 bits per heavy atom. The van der Waals surface area contributed by atoms with Crippen LogP contribution in [0.1, 0.15) is 18.1 Å². The summed E-state index contributed by atoms with van der Waals surface area (Å²) in [5.41, 5.74) is 4.23. The first-order chi connectivity index (χ1) is 10.8. The highest BCUT2D eigenvalue weighted by Crippen LogP contribution is 2.42. The summed E-state index contributed by atoms with van der Waals surface area (Å²) in [7, 11) is 0. The maximum absolute atomic E-state index is 11.2. The van der Waals surface area contributed by atoms with E-state index in [-0.39, 0.29) is 0 Å². The lowest BCUT2D eigenvalue weighted by Gasteiger charge is -2.17. The normalized spacial score (nSPS) is 16.6. The van der Waals surface area contributed by atoms with E-state index in [2.05, 4.69) is 36.4 Å². The lowest BCUT2D eigenvalue weighted by Crippen LogP contribution is -1.94. The van der Waals surface area contributed by atoms with Crippen molar-refractivity contribution in [2.24, 2.45) is 0 Å². The predicted octanol–water partition coefficient (Wildman–Crippen LogP) is 5.33. The molecule has 0 bridgehead atoms. The SMILES string of the molecule is C/C(C=O)=C1/C=C(c2ccccc2)C=C(c2ccccc2)S1. The molecule has 0 saturated heterocycles. The molecule has 0 saturated carbocycles. The smallest absolute Gasteiger partial charge is 0.146 e. The lowest BCUT2D eigenvalue weighted by atomic mass is 10.0. The van der Waals surface area contributed by atoms with Gasteiger partial charge in [0.05, 0.1) is 0 Å². The van der Waals surface area contributed by atoms with Crippen molar-refractivity contribution in [2.75, 3.05) is 0 Å². The average molecular weight is 304 g/mol. The first-order valence-corrected chi connectivity index (χ1v) is 7.98. The summed E-state index contributed by atoms with van der Waals surface area (Å²) in [5.74, 6) is 0. The third-order valence-corrected chi connectivity index (χ3v) is 4.76. The van der Waals surface area contributed by atoms with Crippen molar-refractivity contribution in [3.63, 3.8) is 0 Å². The maximum atomic E-state index is 11.2. The molecule has 22 heavy (non-hydrogen) atoms. The number of hydrogen-bond acceptors (Lipinski definition) is 2. The summed E-state index contributed by atoms with van der Waals surface area (Å²) in [5, 5.41) is 0. The van der Waals surface area contributed by atoms with Gasteiger partial charge in [-0.2, -0.15) is 0 Å². The number of carbonyl (C=O) groups excluding carboxylic acids is 1. The molecule has 0 N–H and O–H groups in total. The molecule has 2 aromatic rings. The summed E-state index contributed by atoms with van der Waals surface area (Å²) in [6.45, 7) is 1.86. The van der Waals surface area contributed by atoms with Crippen LogP contribution < -0.4 is 0 Å². The summed E-state index contributed by atoms with van der Waals surface area (Å²) >= 11 is 1.65. The quantitative estimate of drug-likeness (QED) is 0.563. The molecule has 2 heteroatoms. The molecule has 0 aliphatic carbocycles. The molecule has 1 aliphatic heterocycles. The van der Waals surface area contributed by atoms with Crippen LogP contribution in [0.25, 0.3) is 10.5 Å². The first kappa shape index (κ1) is 14.6. The Labute approximate surface area is 135 Å². The molecule has 3 rings (SSSR count). The Morgan fingerprint density at radius 3 is 2.05 bits per heavy atom. The molecular weight excluding hydrogens is 288 g/mol. The van der Waals surface area contributed by atoms with Crippen molar-refractivity contribution in [3.05, 3.63) is 94.4 Å². The van der Waals surface area contributed by atoms with Crippen molar-refractivity contribution in [1.29, 1.82) is 0 Å². The van der Waals surface area contributed by atoms with E-state index in [0.717, 1.165) is 32.8 Å². The van der Waals surface area contributed by atoms with Gasteiger partial charge in [-0.15, -0.1) is 0 Å². The monoisotopic (exact) mass is 304 g/mol. The van der Waals surface area contributed by atoms with Crippen molar-refractivity contribution in [2.45, 2.75) is 6.92 Å². The highest BCUT2D eigenvalue weighted by molar-refractivity contribution is 8.12. The van der Waals surface area contributed by atoms with Gasteiger partial charge in [0.15, 0.2) is 0 Å². The van der Waals surface area contributed by atoms with Gasteiger partial charge >= 0.3 is 0 Å². The fraction of sp³-hybridized carbons (Fsp3) is 0.0500. The van der Waals surface area contributed by atoms with Crippen LogP contribution in [0.3, 0.4) is 0 Å². The third kappa shape index (κ3) is 3.12. The van der Waals surface area contributed by atoms with Gasteiger partial charge < -0.3 is 0 Å². The van der Waals surface area contributed by atoms with Gasteiger partial charge in [-0.25, -0.2) is 0 Å². The van der Waals surface area contributed by atoms with Crippen LogP contribution in [-0.4, -0.2) is 6.29 Å². The maximum Gasteiger partial charge on any atom is 0.146 e. The molecule has 0 fully saturated rings. The Hall–Kier alpha value is -2.32. The second kappa shape index (κ2) is 6.63. The zero-order valence-corrected chi connectivity index (χ0v) is 13.1. The van der Waals surface area contributed by atoms with Gasteiger partial charge in [-0.1, -0.05) is 72.4 Å². The molecule has 0 unspecified atom stereocenters. The lowest BCUT2D eigenvalue weighted by molar-refractivity contribution is -0.104. The largest absolute Gasteiger partial charge is 0.298 e. The summed E-state index contributed by atoms with van der Waals surface area (Å²) in [6, 6.07) is 20.5. The van der Waals surface area contributed by atoms with Crippen molar-refractivity contribution in [1.82, 2.24) is 0 Å². The van der Waals surface area contributed by atoms with Crippen LogP contribution in [0.4, 0.5) is 0 Å². The number of thioether (sulfide) groups is 1. The first-order valence-electron chi connectivity index (χ1n) is 7.16. The number of benzene rings is 2. The molecule has 108 valence electrons. The zero-order valence-electron chi connectivity index (χ0n) is 12.3. The summed E-state index contributed by atoms with van der Waals surface area (Å²) < 4.78 is 0. The Bertz CT molecular complexity index is 768. The molecule has 0 aromatic heterocycles. The summed E-state index contributed by atoms with van der Waals surface area (Å²) in [6.07, 6.45) is 5.21. The van der Waals surface area contributed by atoms with Crippen LogP contribution >= 0.6 is 11.8 Å². The topological polar surface area (TPSA) is 17.1 Å². The second-order valence-electron chi connectivity index (χ2n) is 5.11. The second-order valence-corrected chi connectivity index (χ2v) is 6.19. The van der Waals surface area contributed by atoms with Gasteiger partial charge in [0, 0.05) is 15.4 Å². The number of rotatable bonds is 3. The van der Waals surface area contributed by atoms with Crippen molar-refractivity contribution >= 4 is 28.5 Å². The fourth-order valence-electron chi connectivity index (χ4n) is 2.30.